The van der Waals surface area contributed by atoms with Crippen LogP contribution in [0.25, 0.3) is 0 Å². The minimum Gasteiger partial charge on any atom is -0.480 e. The van der Waals surface area contributed by atoms with Gasteiger partial charge in [0.1, 0.15) is 23.9 Å². The van der Waals surface area contributed by atoms with Crippen molar-refractivity contribution in [2.24, 2.45) is 23.5 Å². The van der Waals surface area contributed by atoms with E-state index in [9.17, 15) is 42.3 Å². The summed E-state index contributed by atoms with van der Waals surface area (Å²) in [6.07, 6.45) is -4.31. The summed E-state index contributed by atoms with van der Waals surface area (Å²) in [6, 6.07) is 9.06. The van der Waals surface area contributed by atoms with E-state index in [-0.39, 0.29) is 36.7 Å². The molecule has 0 aromatic heterocycles. The van der Waals surface area contributed by atoms with Gasteiger partial charge in [-0.2, -0.15) is 0 Å². The molecule has 0 heterocycles. The largest absolute Gasteiger partial charge is 0.573 e. The normalized spacial score (nSPS) is 15.6. The first-order valence-corrected chi connectivity index (χ1v) is 17.4. The van der Waals surface area contributed by atoms with E-state index in [4.69, 9.17) is 5.73 Å². The minimum absolute atomic E-state index is 0.220. The number of alkyl halides is 3. The third-order valence-electron chi connectivity index (χ3n) is 8.92. The van der Waals surface area contributed by atoms with E-state index < -0.39 is 77.8 Å². The number of carboxylic acid groups (broad SMARTS) is 1. The quantitative estimate of drug-likeness (QED) is 0.118. The Balaban J connectivity index is 2.25. The molecule has 52 heavy (non-hydrogen) atoms. The van der Waals surface area contributed by atoms with Crippen LogP contribution in [0, 0.1) is 17.8 Å². The van der Waals surface area contributed by atoms with Crippen molar-refractivity contribution in [1.82, 2.24) is 21.3 Å². The summed E-state index contributed by atoms with van der Waals surface area (Å²) in [5.74, 6) is -5.19. The fraction of sp³-hybridized carbons (Fsp3) is 0.541. The molecule has 7 atom stereocenters. The van der Waals surface area contributed by atoms with Crippen LogP contribution in [-0.2, 0) is 36.8 Å². The zero-order chi connectivity index (χ0) is 39.2. The first kappa shape index (κ1) is 43.5. The summed E-state index contributed by atoms with van der Waals surface area (Å²) in [4.78, 5) is 65.2. The zero-order valence-corrected chi connectivity index (χ0v) is 30.5. The van der Waals surface area contributed by atoms with Gasteiger partial charge in [-0.05, 0) is 47.4 Å². The Bertz CT molecular complexity index is 1490. The van der Waals surface area contributed by atoms with Gasteiger partial charge < -0.3 is 36.8 Å². The zero-order valence-electron chi connectivity index (χ0n) is 30.5. The van der Waals surface area contributed by atoms with E-state index in [1.54, 1.807) is 39.8 Å². The molecule has 0 radical (unpaired) electrons. The summed E-state index contributed by atoms with van der Waals surface area (Å²) in [7, 11) is 0. The topological polar surface area (TPSA) is 189 Å². The van der Waals surface area contributed by atoms with Gasteiger partial charge in [0.25, 0.3) is 0 Å². The highest BCUT2D eigenvalue weighted by Gasteiger charge is 2.34. The molecule has 2 aromatic carbocycles. The molecule has 0 bridgehead atoms. The fourth-order valence-corrected chi connectivity index (χ4v) is 5.46. The van der Waals surface area contributed by atoms with Crippen LogP contribution in [0.4, 0.5) is 13.2 Å². The highest BCUT2D eigenvalue weighted by molar-refractivity contribution is 5.91. The molecule has 12 nitrogen and oxygen atoms in total. The van der Waals surface area contributed by atoms with Crippen LogP contribution in [-0.4, -0.2) is 71.3 Å². The molecule has 0 saturated heterocycles. The number of benzene rings is 2. The summed E-state index contributed by atoms with van der Waals surface area (Å²) in [6.45, 7) is 10.5. The number of nitrogens with two attached hydrogens (primary N) is 1. The SMILES string of the molecule is CCC(C)C(NC(=O)Cc1cccc(OC(F)(F)F)c1)C(=O)N[C@@H](Cc1ccccc1)C(N)CC(=O)NC(C(=O)N[C@H](C(=O)O)C(C)C)[C@@H](C)CC. The number of aliphatic carboxylic acids is 1. The first-order chi connectivity index (χ1) is 24.3. The standard InChI is InChI=1S/C37H52F3N5O7/c1-7-22(5)32(43-29(46)19-25-15-12-16-26(17-25)52-37(38,39)40)34(48)42-28(18-24-13-10-9-11-14-24)27(41)20-30(47)44-33(23(6)8-2)35(49)45-31(21(3)4)36(50)51/h9-17,21-23,27-28,31-33H,7-8,18-20,41H2,1-6H3,(H,42,48)(H,43,46)(H,44,47)(H,45,49)(H,50,51)/t22?,23-,27?,28-,31-,32?,33?/m0/s1. The van der Waals surface area contributed by atoms with Gasteiger partial charge in [-0.1, -0.05) is 96.8 Å². The van der Waals surface area contributed by atoms with E-state index in [1.807, 2.05) is 32.0 Å². The average Bonchev–Trinajstić information content (AvgIpc) is 3.06. The Morgan fingerprint density at radius 2 is 1.29 bits per heavy atom. The van der Waals surface area contributed by atoms with Crippen molar-refractivity contribution in [1.29, 1.82) is 0 Å². The van der Waals surface area contributed by atoms with Gasteiger partial charge >= 0.3 is 12.3 Å². The molecule has 7 N–H and O–H groups in total. The Labute approximate surface area is 302 Å². The highest BCUT2D eigenvalue weighted by Crippen LogP contribution is 2.23. The number of hydrogen-bond donors (Lipinski definition) is 6. The van der Waals surface area contributed by atoms with E-state index in [0.717, 1.165) is 17.7 Å². The monoisotopic (exact) mass is 735 g/mol. The molecule has 2 rings (SSSR count). The summed E-state index contributed by atoms with van der Waals surface area (Å²) < 4.78 is 42.1. The second-order valence-electron chi connectivity index (χ2n) is 13.5. The molecule has 288 valence electrons. The number of carbonyl (C=O) groups excluding carboxylic acids is 4. The highest BCUT2D eigenvalue weighted by atomic mass is 19.4. The van der Waals surface area contributed by atoms with E-state index in [0.29, 0.717) is 12.8 Å². The van der Waals surface area contributed by atoms with Crippen molar-refractivity contribution in [2.45, 2.75) is 110 Å². The lowest BCUT2D eigenvalue weighted by Crippen LogP contribution is -2.58. The van der Waals surface area contributed by atoms with Crippen molar-refractivity contribution in [3.63, 3.8) is 0 Å². The lowest BCUT2D eigenvalue weighted by Gasteiger charge is -2.30. The van der Waals surface area contributed by atoms with Crippen LogP contribution in [0.3, 0.4) is 0 Å². The molecule has 2 aromatic rings. The predicted molar refractivity (Wildman–Crippen MR) is 189 cm³/mol. The molecule has 0 aliphatic carbocycles. The Hall–Kier alpha value is -4.66. The van der Waals surface area contributed by atoms with Gasteiger partial charge in [0.15, 0.2) is 0 Å². The lowest BCUT2D eigenvalue weighted by atomic mass is 9.93. The average molecular weight is 736 g/mol. The fourth-order valence-electron chi connectivity index (χ4n) is 5.46. The molecular weight excluding hydrogens is 683 g/mol. The van der Waals surface area contributed by atoms with Gasteiger partial charge in [0.2, 0.25) is 23.6 Å². The summed E-state index contributed by atoms with van der Waals surface area (Å²) in [5, 5.41) is 20.4. The van der Waals surface area contributed by atoms with Crippen LogP contribution in [0.1, 0.15) is 71.9 Å². The van der Waals surface area contributed by atoms with E-state index >= 15 is 0 Å². The number of carboxylic acids is 1. The summed E-state index contributed by atoms with van der Waals surface area (Å²) >= 11 is 0. The first-order valence-electron chi connectivity index (χ1n) is 17.4. The molecule has 4 unspecified atom stereocenters. The number of ether oxygens (including phenoxy) is 1. The number of nitrogens with one attached hydrogen (secondary N) is 4. The molecule has 0 aliphatic heterocycles. The molecular formula is C37H52F3N5O7. The maximum Gasteiger partial charge on any atom is 0.573 e. The second-order valence-corrected chi connectivity index (χ2v) is 13.5. The van der Waals surface area contributed by atoms with Crippen LogP contribution in [0.5, 0.6) is 5.75 Å². The van der Waals surface area contributed by atoms with Crippen molar-refractivity contribution in [3.05, 3.63) is 65.7 Å². The number of rotatable bonds is 20. The number of hydrogen-bond acceptors (Lipinski definition) is 7. The second kappa shape index (κ2) is 20.4. The van der Waals surface area contributed by atoms with Crippen molar-refractivity contribution < 1.29 is 47.0 Å². The van der Waals surface area contributed by atoms with Gasteiger partial charge in [0, 0.05) is 18.5 Å². The Morgan fingerprint density at radius 1 is 0.750 bits per heavy atom. The van der Waals surface area contributed by atoms with Crippen LogP contribution < -0.4 is 31.7 Å². The molecule has 0 aliphatic rings. The molecule has 0 spiro atoms. The maximum atomic E-state index is 13.8. The number of carbonyl (C=O) groups is 5. The Kier molecular flexibility index (Phi) is 17.1. The van der Waals surface area contributed by atoms with Crippen LogP contribution >= 0.6 is 0 Å². The van der Waals surface area contributed by atoms with Gasteiger partial charge in [-0.3, -0.25) is 19.2 Å². The van der Waals surface area contributed by atoms with E-state index in [1.165, 1.54) is 12.1 Å². The molecule has 4 amide bonds. The van der Waals surface area contributed by atoms with E-state index in [2.05, 4.69) is 26.0 Å². The van der Waals surface area contributed by atoms with Gasteiger partial charge in [-0.25, -0.2) is 4.79 Å². The smallest absolute Gasteiger partial charge is 0.480 e. The number of halogens is 3. The van der Waals surface area contributed by atoms with Crippen LogP contribution in [0.2, 0.25) is 0 Å². The van der Waals surface area contributed by atoms with Crippen LogP contribution in [0.15, 0.2) is 54.6 Å². The third kappa shape index (κ3) is 14.5. The summed E-state index contributed by atoms with van der Waals surface area (Å²) in [5.41, 5.74) is 7.62. The van der Waals surface area contributed by atoms with Crippen molar-refractivity contribution in [3.8, 4) is 5.75 Å². The predicted octanol–water partition coefficient (Wildman–Crippen LogP) is 3.86. The molecule has 0 fully saturated rings. The van der Waals surface area contributed by atoms with Crippen molar-refractivity contribution in [2.75, 3.05) is 0 Å². The molecule has 0 saturated carbocycles. The maximum absolute atomic E-state index is 13.8. The molecule has 15 heteroatoms. The van der Waals surface area contributed by atoms with Gasteiger partial charge in [-0.15, -0.1) is 13.2 Å². The van der Waals surface area contributed by atoms with Gasteiger partial charge in [0.05, 0.1) is 6.42 Å². The Morgan fingerprint density at radius 3 is 1.81 bits per heavy atom. The minimum atomic E-state index is -4.90. The number of amides is 4. The van der Waals surface area contributed by atoms with Crippen molar-refractivity contribution >= 4 is 29.6 Å². The third-order valence-corrected chi connectivity index (χ3v) is 8.92. The lowest BCUT2D eigenvalue weighted by molar-refractivity contribution is -0.274.